The summed E-state index contributed by atoms with van der Waals surface area (Å²) in [6.07, 6.45) is 0. The zero-order chi connectivity index (χ0) is 16.2. The molecule has 1 aromatic carbocycles. The summed E-state index contributed by atoms with van der Waals surface area (Å²) in [6.45, 7) is 4.38. The second-order valence-corrected chi connectivity index (χ2v) is 6.16. The van der Waals surface area contributed by atoms with E-state index in [2.05, 4.69) is 6.07 Å². The molecule has 0 spiro atoms. The minimum Gasteiger partial charge on any atom is -0.478 e. The highest BCUT2D eigenvalue weighted by Crippen LogP contribution is 2.24. The molecule has 21 heavy (non-hydrogen) atoms. The van der Waals surface area contributed by atoms with Crippen LogP contribution < -0.4 is 10.0 Å². The van der Waals surface area contributed by atoms with Crippen LogP contribution in [0.2, 0.25) is 0 Å². The zero-order valence-corrected chi connectivity index (χ0v) is 12.6. The van der Waals surface area contributed by atoms with Crippen molar-refractivity contribution in [1.29, 1.82) is 5.26 Å². The van der Waals surface area contributed by atoms with E-state index in [1.165, 1.54) is 12.1 Å². The summed E-state index contributed by atoms with van der Waals surface area (Å²) < 4.78 is 22.6. The van der Waals surface area contributed by atoms with Gasteiger partial charge in [0.2, 0.25) is 10.0 Å². The number of nitrogens with two attached hydrogens (primary N) is 1. The highest BCUT2D eigenvalue weighted by molar-refractivity contribution is 7.89. The number of aromatic carboxylic acids is 1. The number of carboxylic acids is 1. The van der Waals surface area contributed by atoms with Crippen LogP contribution in [0.3, 0.4) is 0 Å². The van der Waals surface area contributed by atoms with Gasteiger partial charge >= 0.3 is 5.97 Å². The molecule has 0 aromatic heterocycles. The molecule has 114 valence electrons. The summed E-state index contributed by atoms with van der Waals surface area (Å²) in [5.41, 5.74) is 0.202. The Balaban J connectivity index is 3.35. The van der Waals surface area contributed by atoms with Crippen molar-refractivity contribution in [1.82, 2.24) is 0 Å². The first-order chi connectivity index (χ1) is 9.70. The molecule has 0 saturated carbocycles. The van der Waals surface area contributed by atoms with E-state index < -0.39 is 16.0 Å². The topological polar surface area (TPSA) is 124 Å². The number of rotatable bonds is 6. The van der Waals surface area contributed by atoms with E-state index in [0.717, 1.165) is 6.07 Å². The summed E-state index contributed by atoms with van der Waals surface area (Å²) in [4.78, 5) is 12.8. The summed E-state index contributed by atoms with van der Waals surface area (Å²) in [5, 5.41) is 23.1. The predicted octanol–water partition coefficient (Wildman–Crippen LogP) is 1.02. The third-order valence-corrected chi connectivity index (χ3v) is 3.88. The fourth-order valence-electron chi connectivity index (χ4n) is 1.91. The number of benzene rings is 1. The highest BCUT2D eigenvalue weighted by Gasteiger charge is 2.20. The smallest absolute Gasteiger partial charge is 0.337 e. The van der Waals surface area contributed by atoms with Crippen LogP contribution in [0.4, 0.5) is 5.69 Å². The van der Waals surface area contributed by atoms with Crippen LogP contribution in [-0.4, -0.2) is 32.6 Å². The Kier molecular flexibility index (Phi) is 5.29. The molecule has 0 aliphatic rings. The van der Waals surface area contributed by atoms with Gasteiger partial charge in [-0.2, -0.15) is 5.26 Å². The molecule has 7 nitrogen and oxygen atoms in total. The Morgan fingerprint density at radius 3 is 2.57 bits per heavy atom. The van der Waals surface area contributed by atoms with Gasteiger partial charge in [-0.05, 0) is 32.0 Å². The molecule has 1 unspecified atom stereocenters. The van der Waals surface area contributed by atoms with Gasteiger partial charge in [-0.15, -0.1) is 0 Å². The Hall–Kier alpha value is -2.11. The van der Waals surface area contributed by atoms with Crippen molar-refractivity contribution in [3.8, 4) is 6.07 Å². The van der Waals surface area contributed by atoms with Crippen LogP contribution in [0.1, 0.15) is 24.2 Å². The lowest BCUT2D eigenvalue weighted by atomic mass is 10.1. The van der Waals surface area contributed by atoms with E-state index >= 15 is 0 Å². The van der Waals surface area contributed by atoms with Crippen LogP contribution in [0, 0.1) is 17.2 Å². The number of nitrogens with zero attached hydrogens (tertiary/aromatic N) is 2. The first-order valence-corrected chi connectivity index (χ1v) is 7.80. The first-order valence-electron chi connectivity index (χ1n) is 6.25. The molecule has 3 N–H and O–H groups in total. The van der Waals surface area contributed by atoms with Crippen LogP contribution in [-0.2, 0) is 10.0 Å². The zero-order valence-electron chi connectivity index (χ0n) is 11.8. The maximum absolute atomic E-state index is 11.3. The number of primary sulfonamides is 1. The van der Waals surface area contributed by atoms with E-state index in [1.54, 1.807) is 11.8 Å². The molecule has 0 bridgehead atoms. The van der Waals surface area contributed by atoms with Gasteiger partial charge in [0.25, 0.3) is 0 Å². The van der Waals surface area contributed by atoms with Crippen molar-refractivity contribution in [3.63, 3.8) is 0 Å². The summed E-state index contributed by atoms with van der Waals surface area (Å²) in [6, 6.07) is 5.77. The molecular weight excluding hydrogens is 294 g/mol. The number of sulfonamides is 1. The average Bonchev–Trinajstić information content (AvgIpc) is 2.42. The van der Waals surface area contributed by atoms with Gasteiger partial charge in [0.15, 0.2) is 0 Å². The number of nitriles is 1. The molecule has 0 heterocycles. The molecule has 0 radical (unpaired) electrons. The Morgan fingerprint density at radius 2 is 2.14 bits per heavy atom. The molecule has 0 amide bonds. The van der Waals surface area contributed by atoms with Gasteiger partial charge in [-0.25, -0.2) is 18.4 Å². The Bertz CT molecular complexity index is 679. The number of hydrogen-bond acceptors (Lipinski definition) is 5. The van der Waals surface area contributed by atoms with Gasteiger partial charge in [0, 0.05) is 13.1 Å². The number of hydrogen-bond donors (Lipinski definition) is 2. The fourth-order valence-corrected chi connectivity index (χ4v) is 2.45. The normalized spacial score (nSPS) is 12.5. The van der Waals surface area contributed by atoms with Gasteiger partial charge in [-0.1, -0.05) is 0 Å². The predicted molar refractivity (Wildman–Crippen MR) is 77.4 cm³/mol. The van der Waals surface area contributed by atoms with Crippen molar-refractivity contribution in [2.75, 3.05) is 18.0 Å². The molecule has 0 aliphatic heterocycles. The van der Waals surface area contributed by atoms with E-state index in [-0.39, 0.29) is 16.4 Å². The molecule has 1 atom stereocenters. The molecule has 8 heteroatoms. The number of anilines is 1. The van der Waals surface area contributed by atoms with Gasteiger partial charge in [0.05, 0.1) is 28.1 Å². The monoisotopic (exact) mass is 311 g/mol. The summed E-state index contributed by atoms with van der Waals surface area (Å²) in [7, 11) is -3.97. The van der Waals surface area contributed by atoms with Crippen molar-refractivity contribution < 1.29 is 18.3 Å². The van der Waals surface area contributed by atoms with E-state index in [0.29, 0.717) is 18.8 Å². The second kappa shape index (κ2) is 6.56. The van der Waals surface area contributed by atoms with E-state index in [4.69, 9.17) is 10.4 Å². The minimum atomic E-state index is -3.97. The molecule has 0 aliphatic carbocycles. The SMILES string of the molecule is CCN(CC(C)C#N)c1ccc(S(N)(=O)=O)cc1C(=O)O. The highest BCUT2D eigenvalue weighted by atomic mass is 32.2. The Morgan fingerprint density at radius 1 is 1.52 bits per heavy atom. The fraction of sp³-hybridized carbons (Fsp3) is 0.385. The van der Waals surface area contributed by atoms with E-state index in [1.807, 2.05) is 6.92 Å². The average molecular weight is 311 g/mol. The third-order valence-electron chi connectivity index (χ3n) is 2.96. The maximum atomic E-state index is 11.3. The summed E-state index contributed by atoms with van der Waals surface area (Å²) >= 11 is 0. The lowest BCUT2D eigenvalue weighted by Gasteiger charge is -2.26. The maximum Gasteiger partial charge on any atom is 0.337 e. The van der Waals surface area contributed by atoms with Gasteiger partial charge < -0.3 is 10.0 Å². The summed E-state index contributed by atoms with van der Waals surface area (Å²) in [5.74, 6) is -1.54. The standard InChI is InChI=1S/C13H17N3O4S/c1-3-16(8-9(2)7-14)12-5-4-10(21(15,19)20)6-11(12)13(17)18/h4-6,9H,3,8H2,1-2H3,(H,17,18)(H2,15,19,20). The van der Waals surface area contributed by atoms with Crippen LogP contribution in [0.25, 0.3) is 0 Å². The minimum absolute atomic E-state index is 0.159. The van der Waals surface area contributed by atoms with Gasteiger partial charge in [-0.3, -0.25) is 0 Å². The molecular formula is C13H17N3O4S. The van der Waals surface area contributed by atoms with Crippen molar-refractivity contribution in [3.05, 3.63) is 23.8 Å². The van der Waals surface area contributed by atoms with Gasteiger partial charge in [0.1, 0.15) is 0 Å². The van der Waals surface area contributed by atoms with Crippen molar-refractivity contribution in [2.45, 2.75) is 18.7 Å². The Labute approximate surface area is 123 Å². The lowest BCUT2D eigenvalue weighted by Crippen LogP contribution is -2.29. The molecule has 1 rings (SSSR count). The lowest BCUT2D eigenvalue weighted by molar-refractivity contribution is 0.0697. The number of carboxylic acid groups (broad SMARTS) is 1. The van der Waals surface area contributed by atoms with E-state index in [9.17, 15) is 18.3 Å². The van der Waals surface area contributed by atoms with Crippen molar-refractivity contribution >= 4 is 21.7 Å². The largest absolute Gasteiger partial charge is 0.478 e. The van der Waals surface area contributed by atoms with Crippen molar-refractivity contribution in [2.24, 2.45) is 11.1 Å². The van der Waals surface area contributed by atoms with Crippen LogP contribution in [0.15, 0.2) is 23.1 Å². The van der Waals surface area contributed by atoms with Crippen LogP contribution in [0.5, 0.6) is 0 Å². The second-order valence-electron chi connectivity index (χ2n) is 4.60. The first kappa shape index (κ1) is 16.9. The molecule has 0 fully saturated rings. The molecule has 0 saturated heterocycles. The quantitative estimate of drug-likeness (QED) is 0.808. The number of carbonyl (C=O) groups is 1. The third kappa shape index (κ3) is 4.18. The molecule has 1 aromatic rings. The van der Waals surface area contributed by atoms with Crippen LogP contribution >= 0.6 is 0 Å².